The number of anilines is 1. The number of ether oxygens (including phenoxy) is 2. The van der Waals surface area contributed by atoms with Crippen molar-refractivity contribution in [2.45, 2.75) is 0 Å². The molecular weight excluding hydrogens is 364 g/mol. The largest absolute Gasteiger partial charge is 0.497 e. The fourth-order valence-electron chi connectivity index (χ4n) is 2.06. The zero-order chi connectivity index (χ0) is 20.4. The third kappa shape index (κ3) is 6.13. The van der Waals surface area contributed by atoms with Gasteiger partial charge in [0.15, 0.2) is 6.61 Å². The molecule has 2 rings (SSSR count). The summed E-state index contributed by atoms with van der Waals surface area (Å²) in [7, 11) is 2.90. The monoisotopic (exact) mass is 384 g/mol. The van der Waals surface area contributed by atoms with Crippen molar-refractivity contribution in [3.63, 3.8) is 0 Å². The summed E-state index contributed by atoms with van der Waals surface area (Å²) in [5.41, 5.74) is 3.23. The minimum Gasteiger partial charge on any atom is -0.497 e. The summed E-state index contributed by atoms with van der Waals surface area (Å²) in [6, 6.07) is 13.7. The normalized spacial score (nSPS) is 10.2. The minimum atomic E-state index is -0.893. The zero-order valence-corrected chi connectivity index (χ0v) is 15.4. The first-order chi connectivity index (χ1) is 13.5. The SMILES string of the molecule is CNC(=O)C(=O)N/N=C\c1ccccc1OCC(=O)Nc1ccc(OC)cc1. The number of hydrogen-bond donors (Lipinski definition) is 3. The first-order valence-electron chi connectivity index (χ1n) is 8.24. The molecule has 0 saturated heterocycles. The number of rotatable bonds is 7. The van der Waals surface area contributed by atoms with Gasteiger partial charge in [-0.3, -0.25) is 14.4 Å². The highest BCUT2D eigenvalue weighted by Gasteiger charge is 2.10. The first kappa shape index (κ1) is 20.4. The number of benzene rings is 2. The van der Waals surface area contributed by atoms with Crippen LogP contribution >= 0.6 is 0 Å². The van der Waals surface area contributed by atoms with E-state index in [2.05, 4.69) is 21.2 Å². The van der Waals surface area contributed by atoms with Crippen molar-refractivity contribution < 1.29 is 23.9 Å². The third-order valence-electron chi connectivity index (χ3n) is 3.45. The van der Waals surface area contributed by atoms with Crippen molar-refractivity contribution in [3.05, 3.63) is 54.1 Å². The fraction of sp³-hybridized carbons (Fsp3) is 0.158. The lowest BCUT2D eigenvalue weighted by molar-refractivity contribution is -0.138. The summed E-state index contributed by atoms with van der Waals surface area (Å²) >= 11 is 0. The molecule has 2 aromatic rings. The van der Waals surface area contributed by atoms with E-state index < -0.39 is 11.8 Å². The van der Waals surface area contributed by atoms with Gasteiger partial charge in [-0.1, -0.05) is 12.1 Å². The molecule has 2 aromatic carbocycles. The molecule has 9 heteroatoms. The summed E-state index contributed by atoms with van der Waals surface area (Å²) in [4.78, 5) is 34.5. The van der Waals surface area contributed by atoms with Crippen LogP contribution in [0.1, 0.15) is 5.56 Å². The molecule has 3 amide bonds. The summed E-state index contributed by atoms with van der Waals surface area (Å²) in [6.45, 7) is -0.221. The number of carbonyl (C=O) groups excluding carboxylic acids is 3. The smallest absolute Gasteiger partial charge is 0.329 e. The van der Waals surface area contributed by atoms with Crippen LogP contribution in [0.3, 0.4) is 0 Å². The summed E-state index contributed by atoms with van der Waals surface area (Å²) in [5, 5.41) is 8.59. The van der Waals surface area contributed by atoms with Gasteiger partial charge in [-0.15, -0.1) is 0 Å². The molecule has 3 N–H and O–H groups in total. The number of hydrazone groups is 1. The quantitative estimate of drug-likeness (QED) is 0.373. The van der Waals surface area contributed by atoms with E-state index in [1.165, 1.54) is 13.3 Å². The lowest BCUT2D eigenvalue weighted by Crippen LogP contribution is -2.35. The highest BCUT2D eigenvalue weighted by atomic mass is 16.5. The number of methoxy groups -OCH3 is 1. The zero-order valence-electron chi connectivity index (χ0n) is 15.4. The van der Waals surface area contributed by atoms with E-state index >= 15 is 0 Å². The molecule has 0 aliphatic heterocycles. The molecule has 0 bridgehead atoms. The van der Waals surface area contributed by atoms with Crippen LogP contribution in [0.2, 0.25) is 0 Å². The van der Waals surface area contributed by atoms with Crippen LogP contribution in [0, 0.1) is 0 Å². The summed E-state index contributed by atoms with van der Waals surface area (Å²) in [5.74, 6) is -0.964. The van der Waals surface area contributed by atoms with Crippen molar-refractivity contribution in [2.75, 3.05) is 26.1 Å². The van der Waals surface area contributed by atoms with E-state index in [0.29, 0.717) is 22.7 Å². The predicted molar refractivity (Wildman–Crippen MR) is 103 cm³/mol. The van der Waals surface area contributed by atoms with Gasteiger partial charge in [0.05, 0.1) is 13.3 Å². The second-order valence-corrected chi connectivity index (χ2v) is 5.38. The molecule has 0 spiro atoms. The Hall–Kier alpha value is -3.88. The molecule has 0 fully saturated rings. The third-order valence-corrected chi connectivity index (χ3v) is 3.45. The lowest BCUT2D eigenvalue weighted by atomic mass is 10.2. The van der Waals surface area contributed by atoms with Gasteiger partial charge in [0.1, 0.15) is 11.5 Å². The van der Waals surface area contributed by atoms with Crippen LogP contribution in [0.25, 0.3) is 0 Å². The number of para-hydroxylation sites is 1. The lowest BCUT2D eigenvalue weighted by Gasteiger charge is -2.10. The van der Waals surface area contributed by atoms with Crippen LogP contribution in [-0.2, 0) is 14.4 Å². The second kappa shape index (κ2) is 10.3. The first-order valence-corrected chi connectivity index (χ1v) is 8.24. The highest BCUT2D eigenvalue weighted by molar-refractivity contribution is 6.35. The van der Waals surface area contributed by atoms with Gasteiger partial charge >= 0.3 is 11.8 Å². The van der Waals surface area contributed by atoms with E-state index in [-0.39, 0.29) is 12.5 Å². The van der Waals surface area contributed by atoms with Crippen molar-refractivity contribution in [1.82, 2.24) is 10.7 Å². The molecule has 0 saturated carbocycles. The number of amides is 3. The summed E-state index contributed by atoms with van der Waals surface area (Å²) in [6.07, 6.45) is 1.32. The molecule has 0 unspecified atom stereocenters. The van der Waals surface area contributed by atoms with Crippen molar-refractivity contribution in [3.8, 4) is 11.5 Å². The number of carbonyl (C=O) groups is 3. The van der Waals surface area contributed by atoms with Crippen molar-refractivity contribution in [2.24, 2.45) is 5.10 Å². The predicted octanol–water partition coefficient (Wildman–Crippen LogP) is 0.909. The molecule has 0 aliphatic rings. The Morgan fingerprint density at radius 1 is 1.04 bits per heavy atom. The van der Waals surface area contributed by atoms with Crippen LogP contribution in [0.5, 0.6) is 11.5 Å². The maximum atomic E-state index is 12.1. The Kier molecular flexibility index (Phi) is 7.53. The van der Waals surface area contributed by atoms with Gasteiger partial charge in [-0.05, 0) is 36.4 Å². The van der Waals surface area contributed by atoms with E-state index in [1.807, 2.05) is 0 Å². The van der Waals surface area contributed by atoms with E-state index in [9.17, 15) is 14.4 Å². The Labute approximate surface area is 161 Å². The van der Waals surface area contributed by atoms with Crippen LogP contribution < -0.4 is 25.5 Å². The Bertz CT molecular complexity index is 865. The molecule has 0 atom stereocenters. The molecule has 9 nitrogen and oxygen atoms in total. The van der Waals surface area contributed by atoms with Crippen LogP contribution in [0.15, 0.2) is 53.6 Å². The molecule has 28 heavy (non-hydrogen) atoms. The van der Waals surface area contributed by atoms with Gasteiger partial charge in [-0.25, -0.2) is 5.43 Å². The van der Waals surface area contributed by atoms with Crippen LogP contribution in [-0.4, -0.2) is 44.7 Å². The van der Waals surface area contributed by atoms with Crippen LogP contribution in [0.4, 0.5) is 5.69 Å². The topological polar surface area (TPSA) is 118 Å². The number of nitrogens with one attached hydrogen (secondary N) is 3. The maximum Gasteiger partial charge on any atom is 0.329 e. The maximum absolute atomic E-state index is 12.1. The second-order valence-electron chi connectivity index (χ2n) is 5.38. The highest BCUT2D eigenvalue weighted by Crippen LogP contribution is 2.17. The molecule has 0 radical (unpaired) electrons. The molecule has 0 aromatic heterocycles. The number of nitrogens with zero attached hydrogens (tertiary/aromatic N) is 1. The molecule has 0 aliphatic carbocycles. The van der Waals surface area contributed by atoms with Gasteiger partial charge in [0.2, 0.25) is 0 Å². The number of likely N-dealkylation sites (N-methyl/N-ethyl adjacent to an activating group) is 1. The molecule has 0 heterocycles. The van der Waals surface area contributed by atoms with Gasteiger partial charge in [-0.2, -0.15) is 5.10 Å². The average Bonchev–Trinajstić information content (AvgIpc) is 2.72. The van der Waals surface area contributed by atoms with Gasteiger partial charge < -0.3 is 20.1 Å². The van der Waals surface area contributed by atoms with Crippen molar-refractivity contribution in [1.29, 1.82) is 0 Å². The van der Waals surface area contributed by atoms with E-state index in [4.69, 9.17) is 9.47 Å². The Morgan fingerprint density at radius 2 is 1.75 bits per heavy atom. The minimum absolute atomic E-state index is 0.221. The van der Waals surface area contributed by atoms with Crippen molar-refractivity contribution >= 4 is 29.6 Å². The number of hydrogen-bond acceptors (Lipinski definition) is 6. The molecular formula is C19H20N4O5. The Morgan fingerprint density at radius 3 is 2.43 bits per heavy atom. The van der Waals surface area contributed by atoms with Gasteiger partial charge in [0, 0.05) is 18.3 Å². The van der Waals surface area contributed by atoms with Gasteiger partial charge in [0.25, 0.3) is 5.91 Å². The van der Waals surface area contributed by atoms with E-state index in [0.717, 1.165) is 0 Å². The Balaban J connectivity index is 1.92. The van der Waals surface area contributed by atoms with E-state index in [1.54, 1.807) is 55.6 Å². The fourth-order valence-corrected chi connectivity index (χ4v) is 2.06. The average molecular weight is 384 g/mol. The molecule has 146 valence electrons. The summed E-state index contributed by atoms with van der Waals surface area (Å²) < 4.78 is 10.6. The standard InChI is InChI=1S/C19H20N4O5/c1-20-18(25)19(26)23-21-11-13-5-3-4-6-16(13)28-12-17(24)22-14-7-9-15(27-2)10-8-14/h3-11H,12H2,1-2H3,(H,20,25)(H,22,24)(H,23,26)/b21-11-.